The molecule has 1 aliphatic heterocycles. The minimum atomic E-state index is -5.47. The number of phosphoric acid groups is 2. The van der Waals surface area contributed by atoms with Crippen molar-refractivity contribution in [3.8, 4) is 0 Å². The fourth-order valence-corrected chi connectivity index (χ4v) is 8.68. The number of nitrogen functional groups attached to an aromatic ring is 1. The molecule has 22 heteroatoms. The molecule has 2 unspecified atom stereocenters. The highest BCUT2D eigenvalue weighted by molar-refractivity contribution is 7.61. The van der Waals surface area contributed by atoms with Crippen LogP contribution in [-0.2, 0) is 46.3 Å². The Kier molecular flexibility index (Phi) is 29.6. The quantitative estimate of drug-likeness (QED) is 0.0126. The Labute approximate surface area is 394 Å². The third kappa shape index (κ3) is 27.4. The molecule has 67 heavy (non-hydrogen) atoms. The zero-order valence-corrected chi connectivity index (χ0v) is 40.9. The van der Waals surface area contributed by atoms with Crippen LogP contribution in [0.4, 0.5) is 5.82 Å². The van der Waals surface area contributed by atoms with Gasteiger partial charge in [0.2, 0.25) is 0 Å². The molecule has 9 atom stereocenters. The van der Waals surface area contributed by atoms with E-state index in [9.17, 15) is 53.7 Å². The van der Waals surface area contributed by atoms with E-state index in [0.717, 1.165) is 62.1 Å². The first-order valence-corrected chi connectivity index (χ1v) is 26.2. The van der Waals surface area contributed by atoms with Crippen LogP contribution >= 0.6 is 15.6 Å². The van der Waals surface area contributed by atoms with Gasteiger partial charge < -0.3 is 50.2 Å². The zero-order valence-electron chi connectivity index (χ0n) is 39.1. The van der Waals surface area contributed by atoms with E-state index < -0.39 is 95.9 Å². The molecule has 0 radical (unpaired) electrons. The van der Waals surface area contributed by atoms with Gasteiger partial charge in [-0.15, -0.1) is 0 Å². The van der Waals surface area contributed by atoms with Crippen LogP contribution in [0.3, 0.4) is 0 Å². The third-order valence-corrected chi connectivity index (χ3v) is 12.9. The molecular formula is C45H75N3O17P2. The zero-order chi connectivity index (χ0) is 49.7. The van der Waals surface area contributed by atoms with Crippen LogP contribution in [0, 0.1) is 5.92 Å². The summed E-state index contributed by atoms with van der Waals surface area (Å²) in [6.07, 6.45) is 18.8. The highest BCUT2D eigenvalue weighted by Crippen LogP contribution is 2.60. The van der Waals surface area contributed by atoms with E-state index in [1.54, 1.807) is 30.4 Å². The van der Waals surface area contributed by atoms with E-state index >= 15 is 0 Å². The molecule has 0 bridgehead atoms. The second kappa shape index (κ2) is 33.2. The molecule has 8 N–H and O–H groups in total. The molecule has 1 aromatic heterocycles. The van der Waals surface area contributed by atoms with Crippen molar-refractivity contribution < 1.29 is 76.5 Å². The number of aliphatic hydroxyl groups excluding tert-OH is 4. The number of ether oxygens (including phenoxy) is 3. The minimum absolute atomic E-state index is 0.00539. The average Bonchev–Trinajstić information content (AvgIpc) is 3.54. The Balaban J connectivity index is 1.89. The molecule has 1 saturated heterocycles. The second-order valence-electron chi connectivity index (χ2n) is 16.8. The van der Waals surface area contributed by atoms with Gasteiger partial charge in [-0.1, -0.05) is 127 Å². The number of aromatic nitrogens is 2. The van der Waals surface area contributed by atoms with E-state index in [1.807, 2.05) is 6.08 Å². The van der Waals surface area contributed by atoms with E-state index in [1.165, 1.54) is 31.4 Å². The van der Waals surface area contributed by atoms with Crippen LogP contribution in [0.2, 0.25) is 0 Å². The van der Waals surface area contributed by atoms with Gasteiger partial charge in [0.05, 0.1) is 25.4 Å². The van der Waals surface area contributed by atoms with E-state index in [0.29, 0.717) is 18.8 Å². The van der Waals surface area contributed by atoms with E-state index in [2.05, 4.69) is 36.1 Å². The number of hydrogen-bond acceptors (Lipinski definition) is 17. The summed E-state index contributed by atoms with van der Waals surface area (Å²) in [5.41, 5.74) is 4.55. The largest absolute Gasteiger partial charge is 0.481 e. The maximum absolute atomic E-state index is 12.8. The Morgan fingerprint density at radius 1 is 0.821 bits per heavy atom. The normalized spacial score (nSPS) is 21.0. The molecule has 0 spiro atoms. The molecule has 382 valence electrons. The van der Waals surface area contributed by atoms with Gasteiger partial charge in [0.1, 0.15) is 30.7 Å². The summed E-state index contributed by atoms with van der Waals surface area (Å²) in [5, 5.41) is 41.2. The summed E-state index contributed by atoms with van der Waals surface area (Å²) in [5.74, 6) is -0.892. The molecule has 0 amide bonds. The second-order valence-corrected chi connectivity index (χ2v) is 19.8. The van der Waals surface area contributed by atoms with Crippen LogP contribution in [0.25, 0.3) is 0 Å². The Morgan fingerprint density at radius 2 is 1.46 bits per heavy atom. The number of esters is 2. The molecule has 2 heterocycles. The van der Waals surface area contributed by atoms with Gasteiger partial charge in [0, 0.05) is 19.0 Å². The summed E-state index contributed by atoms with van der Waals surface area (Å²) in [7, 11) is -10.9. The summed E-state index contributed by atoms with van der Waals surface area (Å²) < 4.78 is 56.3. The summed E-state index contributed by atoms with van der Waals surface area (Å²) in [6.45, 7) is 4.02. The first kappa shape index (κ1) is 59.8. The van der Waals surface area contributed by atoms with E-state index in [4.69, 9.17) is 29.0 Å². The lowest BCUT2D eigenvalue weighted by Gasteiger charge is -2.21. The smallest absolute Gasteiger partial charge is 0.462 e. The molecule has 0 aromatic carbocycles. The number of nitrogens with zero attached hydrogens (tertiary/aromatic N) is 2. The Bertz CT molecular complexity index is 1860. The van der Waals surface area contributed by atoms with Gasteiger partial charge in [-0.05, 0) is 50.5 Å². The summed E-state index contributed by atoms with van der Waals surface area (Å²) >= 11 is 0. The lowest BCUT2D eigenvalue weighted by atomic mass is 10.0. The third-order valence-electron chi connectivity index (χ3n) is 10.3. The van der Waals surface area contributed by atoms with Crippen molar-refractivity contribution in [2.75, 3.05) is 25.6 Å². The Hall–Kier alpha value is -3.36. The number of aliphatic hydroxyl groups is 4. The van der Waals surface area contributed by atoms with Crippen LogP contribution < -0.4 is 11.4 Å². The SMILES string of the molecule is CCCCC/C=C\C[C@@H](O)/C=C/C=C/C=C\[C@@H](O)CCCC(=O)OC[C@H](COP(=O)(O)OP(=O)(O)OC[C@H]1O[C@@H](n2ccc(N)nc2=O)[C@H](O)[C@@H]1O)OC(=O)CCCCCCCCCC(C)C. The molecule has 1 aromatic rings. The van der Waals surface area contributed by atoms with Crippen molar-refractivity contribution in [3.05, 3.63) is 71.4 Å². The average molecular weight is 992 g/mol. The fraction of sp³-hybridized carbons (Fsp3) is 0.689. The molecule has 0 saturated carbocycles. The molecule has 2 rings (SSSR count). The van der Waals surface area contributed by atoms with Crippen LogP contribution in [0.5, 0.6) is 0 Å². The van der Waals surface area contributed by atoms with Gasteiger partial charge in [-0.2, -0.15) is 9.29 Å². The molecular weight excluding hydrogens is 916 g/mol. The fourth-order valence-electron chi connectivity index (χ4n) is 6.57. The predicted octanol–water partition coefficient (Wildman–Crippen LogP) is 6.40. The number of nitrogens with two attached hydrogens (primary N) is 1. The Morgan fingerprint density at radius 3 is 2.13 bits per heavy atom. The van der Waals surface area contributed by atoms with Gasteiger partial charge in [0.15, 0.2) is 12.3 Å². The maximum Gasteiger partial charge on any atom is 0.481 e. The number of unbranched alkanes of at least 4 members (excludes halogenated alkanes) is 9. The van der Waals surface area contributed by atoms with Gasteiger partial charge in [-0.3, -0.25) is 23.2 Å². The maximum atomic E-state index is 12.8. The number of carbonyl (C=O) groups excluding carboxylic acids is 2. The van der Waals surface area contributed by atoms with Crippen molar-refractivity contribution in [1.82, 2.24) is 9.55 Å². The highest BCUT2D eigenvalue weighted by Gasteiger charge is 2.46. The van der Waals surface area contributed by atoms with Crippen molar-refractivity contribution in [1.29, 1.82) is 0 Å². The highest BCUT2D eigenvalue weighted by atomic mass is 31.3. The van der Waals surface area contributed by atoms with Crippen molar-refractivity contribution >= 4 is 33.4 Å². The molecule has 20 nitrogen and oxygen atoms in total. The van der Waals surface area contributed by atoms with Crippen molar-refractivity contribution in [2.45, 2.75) is 173 Å². The number of anilines is 1. The lowest BCUT2D eigenvalue weighted by molar-refractivity contribution is -0.161. The lowest BCUT2D eigenvalue weighted by Crippen LogP contribution is -2.36. The van der Waals surface area contributed by atoms with Gasteiger partial charge >= 0.3 is 33.3 Å². The standard InChI is InChI=1S/C45H75N3O17P2/c1-4-5-6-7-12-17-23-35(49)24-18-14-15-19-25-36(50)26-21-28-40(51)60-31-37(63-41(52)27-20-13-10-8-9-11-16-22-34(2)3)32-61-66(56,57)65-67(58,59)62-33-38-42(53)43(54)44(64-38)48-30-29-39(46)47-45(48)55/h12,14-15,17-19,24-25,29-30,34-38,42-44,49-50,53-54H,4-11,13,16,20-23,26-28,31-33H2,1-3H3,(H,56,57)(H,58,59)(H2,46,47,55)/b15-14+,17-12-,24-18+,25-19-/t35-,36-,37-,38-,42-,43-,44-/m1/s1. The molecule has 1 fully saturated rings. The number of phosphoric ester groups is 2. The predicted molar refractivity (Wildman–Crippen MR) is 250 cm³/mol. The number of allylic oxidation sites excluding steroid dienone is 5. The first-order valence-electron chi connectivity index (χ1n) is 23.2. The van der Waals surface area contributed by atoms with Crippen LogP contribution in [-0.4, -0.2) is 108 Å². The topological polar surface area (TPSA) is 306 Å². The van der Waals surface area contributed by atoms with Crippen molar-refractivity contribution in [3.63, 3.8) is 0 Å². The van der Waals surface area contributed by atoms with Crippen molar-refractivity contribution in [2.24, 2.45) is 5.92 Å². The summed E-state index contributed by atoms with van der Waals surface area (Å²) in [6, 6.07) is 1.23. The van der Waals surface area contributed by atoms with Gasteiger partial charge in [-0.25, -0.2) is 13.9 Å². The van der Waals surface area contributed by atoms with Crippen LogP contribution in [0.15, 0.2) is 65.7 Å². The first-order chi connectivity index (χ1) is 31.8. The monoisotopic (exact) mass is 991 g/mol. The number of rotatable bonds is 36. The van der Waals surface area contributed by atoms with Gasteiger partial charge in [0.25, 0.3) is 0 Å². The summed E-state index contributed by atoms with van der Waals surface area (Å²) in [4.78, 5) is 61.6. The van der Waals surface area contributed by atoms with E-state index in [-0.39, 0.29) is 31.5 Å². The number of carbonyl (C=O) groups is 2. The number of hydrogen-bond donors (Lipinski definition) is 7. The molecule has 0 aliphatic carbocycles. The van der Waals surface area contributed by atoms with Crippen LogP contribution in [0.1, 0.15) is 136 Å². The minimum Gasteiger partial charge on any atom is -0.462 e. The molecule has 1 aliphatic rings.